The van der Waals surface area contributed by atoms with E-state index in [4.69, 9.17) is 4.74 Å². The number of alkyl carbamates (subject to hydrolysis) is 1. The molecule has 3 aromatic rings. The Morgan fingerprint density at radius 2 is 1.28 bits per heavy atom. The van der Waals surface area contributed by atoms with E-state index in [0.717, 1.165) is 22.3 Å². The Balaban J connectivity index is 1.47. The van der Waals surface area contributed by atoms with Gasteiger partial charge >= 0.3 is 12.1 Å². The second-order valence-corrected chi connectivity index (χ2v) is 8.51. The van der Waals surface area contributed by atoms with E-state index in [-0.39, 0.29) is 12.5 Å². The molecule has 0 aliphatic heterocycles. The standard InChI is InChI=1S/C26H20F5NO4/c1-12(2)23(25(33)36-24-21(30)19(28)18(27)20(29)22(24)31)32-26(34)35-11-17-15-9-5-3-7-13(15)14-8-4-6-10-16(14)17/h3-10,12,17,23H,11H2,1-2H3,(H,32,34). The summed E-state index contributed by atoms with van der Waals surface area (Å²) in [6, 6.07) is 13.8. The lowest BCUT2D eigenvalue weighted by Gasteiger charge is -2.21. The van der Waals surface area contributed by atoms with Crippen LogP contribution in [0.15, 0.2) is 48.5 Å². The molecule has 5 nitrogen and oxygen atoms in total. The zero-order valence-electron chi connectivity index (χ0n) is 19.1. The molecule has 0 heterocycles. The molecular weight excluding hydrogens is 485 g/mol. The Hall–Kier alpha value is -3.95. The fraction of sp³-hybridized carbons (Fsp3) is 0.231. The van der Waals surface area contributed by atoms with Gasteiger partial charge in [-0.2, -0.15) is 8.78 Å². The summed E-state index contributed by atoms with van der Waals surface area (Å²) in [6.45, 7) is 2.89. The number of ether oxygens (including phenoxy) is 2. The second kappa shape index (κ2) is 9.96. The predicted octanol–water partition coefficient (Wildman–Crippen LogP) is 5.85. The first-order valence-corrected chi connectivity index (χ1v) is 11.0. The Morgan fingerprint density at radius 1 is 0.806 bits per heavy atom. The van der Waals surface area contributed by atoms with Crippen molar-refractivity contribution in [3.8, 4) is 16.9 Å². The Kier molecular flexibility index (Phi) is 6.96. The SMILES string of the molecule is CC(C)C(NC(=O)OCC1c2ccccc2-c2ccccc21)C(=O)Oc1c(F)c(F)c(F)c(F)c1F. The summed E-state index contributed by atoms with van der Waals surface area (Å²) in [4.78, 5) is 25.0. The van der Waals surface area contributed by atoms with Crippen LogP contribution in [0.25, 0.3) is 11.1 Å². The summed E-state index contributed by atoms with van der Waals surface area (Å²) in [5, 5.41) is 2.25. The smallest absolute Gasteiger partial charge is 0.407 e. The highest BCUT2D eigenvalue weighted by atomic mass is 19.2. The van der Waals surface area contributed by atoms with E-state index in [1.807, 2.05) is 48.5 Å². The molecule has 0 spiro atoms. The molecule has 0 fully saturated rings. The van der Waals surface area contributed by atoms with E-state index >= 15 is 0 Å². The fourth-order valence-corrected chi connectivity index (χ4v) is 4.10. The molecule has 188 valence electrons. The first-order valence-electron chi connectivity index (χ1n) is 11.0. The van der Waals surface area contributed by atoms with Crippen molar-refractivity contribution in [1.82, 2.24) is 5.32 Å². The first-order chi connectivity index (χ1) is 17.1. The molecule has 0 saturated carbocycles. The van der Waals surface area contributed by atoms with Crippen LogP contribution in [-0.4, -0.2) is 24.7 Å². The van der Waals surface area contributed by atoms with E-state index in [9.17, 15) is 31.5 Å². The second-order valence-electron chi connectivity index (χ2n) is 8.51. The zero-order valence-corrected chi connectivity index (χ0v) is 19.1. The number of hydrogen-bond acceptors (Lipinski definition) is 4. The summed E-state index contributed by atoms with van der Waals surface area (Å²) in [5.41, 5.74) is 3.93. The Morgan fingerprint density at radius 3 is 1.78 bits per heavy atom. The van der Waals surface area contributed by atoms with Crippen molar-refractivity contribution in [3.63, 3.8) is 0 Å². The molecule has 4 rings (SSSR count). The number of halogens is 5. The van der Waals surface area contributed by atoms with Crippen molar-refractivity contribution < 1.29 is 41.0 Å². The minimum absolute atomic E-state index is 0.0721. The van der Waals surface area contributed by atoms with E-state index in [1.165, 1.54) is 13.8 Å². The molecule has 0 saturated heterocycles. The number of carbonyl (C=O) groups excluding carboxylic acids is 2. The van der Waals surface area contributed by atoms with Gasteiger partial charge in [-0.25, -0.2) is 22.8 Å². The average molecular weight is 505 g/mol. The Bertz CT molecular complexity index is 1270. The summed E-state index contributed by atoms with van der Waals surface area (Å²) < 4.78 is 77.8. The number of benzene rings is 3. The third-order valence-corrected chi connectivity index (χ3v) is 5.91. The number of hydrogen-bond donors (Lipinski definition) is 1. The monoisotopic (exact) mass is 505 g/mol. The molecule has 1 aliphatic rings. The molecule has 10 heteroatoms. The zero-order chi connectivity index (χ0) is 26.1. The Labute approximate surface area is 202 Å². The van der Waals surface area contributed by atoms with Gasteiger partial charge in [-0.1, -0.05) is 62.4 Å². The largest absolute Gasteiger partial charge is 0.449 e. The van der Waals surface area contributed by atoms with Crippen molar-refractivity contribution in [1.29, 1.82) is 0 Å². The predicted molar refractivity (Wildman–Crippen MR) is 119 cm³/mol. The number of fused-ring (bicyclic) bond motifs is 3. The highest BCUT2D eigenvalue weighted by Crippen LogP contribution is 2.44. The van der Waals surface area contributed by atoms with Crippen molar-refractivity contribution >= 4 is 12.1 Å². The van der Waals surface area contributed by atoms with Crippen molar-refractivity contribution in [2.75, 3.05) is 6.61 Å². The number of nitrogens with one attached hydrogen (secondary N) is 1. The van der Waals surface area contributed by atoms with Gasteiger partial charge in [-0.3, -0.25) is 0 Å². The van der Waals surface area contributed by atoms with Gasteiger partial charge in [0.15, 0.2) is 0 Å². The summed E-state index contributed by atoms with van der Waals surface area (Å²) in [5.74, 6) is -15.6. The summed E-state index contributed by atoms with van der Waals surface area (Å²) >= 11 is 0. The van der Waals surface area contributed by atoms with Gasteiger partial charge in [-0.15, -0.1) is 0 Å². The van der Waals surface area contributed by atoms with Crippen molar-refractivity contribution in [2.45, 2.75) is 25.8 Å². The van der Waals surface area contributed by atoms with E-state index in [1.54, 1.807) is 0 Å². The molecule has 0 aromatic heterocycles. The number of rotatable bonds is 6. The molecule has 3 aromatic carbocycles. The van der Waals surface area contributed by atoms with Crippen LogP contribution in [0.4, 0.5) is 26.7 Å². The van der Waals surface area contributed by atoms with Crippen LogP contribution >= 0.6 is 0 Å². The number of esters is 1. The molecule has 1 unspecified atom stereocenters. The van der Waals surface area contributed by atoms with Gasteiger partial charge in [0.2, 0.25) is 34.8 Å². The molecule has 0 radical (unpaired) electrons. The maximum atomic E-state index is 13.9. The molecular formula is C26H20F5NO4. The van der Waals surface area contributed by atoms with Crippen LogP contribution in [0.5, 0.6) is 5.75 Å². The maximum Gasteiger partial charge on any atom is 0.407 e. The minimum atomic E-state index is -2.39. The van der Waals surface area contributed by atoms with Crippen LogP contribution < -0.4 is 10.1 Å². The van der Waals surface area contributed by atoms with Gasteiger partial charge in [0.05, 0.1) is 0 Å². The lowest BCUT2D eigenvalue weighted by molar-refractivity contribution is -0.138. The fourth-order valence-electron chi connectivity index (χ4n) is 4.10. The van der Waals surface area contributed by atoms with Crippen LogP contribution in [-0.2, 0) is 9.53 Å². The summed E-state index contributed by atoms with van der Waals surface area (Å²) in [6.07, 6.45) is -1.02. The van der Waals surface area contributed by atoms with Gasteiger partial charge in [0, 0.05) is 5.92 Å². The molecule has 1 amide bonds. The van der Waals surface area contributed by atoms with Crippen LogP contribution in [0.2, 0.25) is 0 Å². The van der Waals surface area contributed by atoms with E-state index in [0.29, 0.717) is 0 Å². The third kappa shape index (κ3) is 4.50. The topological polar surface area (TPSA) is 64.6 Å². The quantitative estimate of drug-likeness (QED) is 0.150. The van der Waals surface area contributed by atoms with Gasteiger partial charge in [-0.05, 0) is 28.2 Å². The lowest BCUT2D eigenvalue weighted by Crippen LogP contribution is -2.47. The van der Waals surface area contributed by atoms with Crippen molar-refractivity contribution in [2.24, 2.45) is 5.92 Å². The van der Waals surface area contributed by atoms with Crippen molar-refractivity contribution in [3.05, 3.63) is 88.7 Å². The lowest BCUT2D eigenvalue weighted by atomic mass is 9.98. The van der Waals surface area contributed by atoms with E-state index in [2.05, 4.69) is 10.1 Å². The van der Waals surface area contributed by atoms with Crippen LogP contribution in [0.1, 0.15) is 30.9 Å². The van der Waals surface area contributed by atoms with Gasteiger partial charge in [0.1, 0.15) is 12.6 Å². The summed E-state index contributed by atoms with van der Waals surface area (Å²) in [7, 11) is 0. The average Bonchev–Trinajstić information content (AvgIpc) is 3.19. The molecule has 1 aliphatic carbocycles. The molecule has 1 N–H and O–H groups in total. The maximum absolute atomic E-state index is 13.9. The van der Waals surface area contributed by atoms with E-state index < -0.39 is 58.9 Å². The van der Waals surface area contributed by atoms with Gasteiger partial charge in [0.25, 0.3) is 0 Å². The van der Waals surface area contributed by atoms with Crippen LogP contribution in [0.3, 0.4) is 0 Å². The number of carbonyl (C=O) groups is 2. The highest BCUT2D eigenvalue weighted by Gasteiger charge is 2.34. The highest BCUT2D eigenvalue weighted by molar-refractivity contribution is 5.83. The molecule has 36 heavy (non-hydrogen) atoms. The first kappa shape index (κ1) is 25.2. The molecule has 0 bridgehead atoms. The van der Waals surface area contributed by atoms with Crippen LogP contribution in [0, 0.1) is 35.0 Å². The number of amides is 1. The normalized spacial score (nSPS) is 13.2. The van der Waals surface area contributed by atoms with Gasteiger partial charge < -0.3 is 14.8 Å². The third-order valence-electron chi connectivity index (χ3n) is 5.91. The minimum Gasteiger partial charge on any atom is -0.449 e. The molecule has 1 atom stereocenters.